The van der Waals surface area contributed by atoms with Crippen molar-refractivity contribution in [3.63, 3.8) is 0 Å². The first-order chi connectivity index (χ1) is 12.0. The van der Waals surface area contributed by atoms with Crippen LogP contribution in [0.25, 0.3) is 10.1 Å². The topological polar surface area (TPSA) is 50.4 Å². The molecule has 8 heteroatoms. The number of rotatable bonds is 3. The van der Waals surface area contributed by atoms with E-state index >= 15 is 0 Å². The van der Waals surface area contributed by atoms with Crippen LogP contribution < -0.4 is 15.4 Å². The number of ether oxygens (including phenoxy) is 1. The smallest absolute Gasteiger partial charge is 0.269 e. The number of thiocarbonyl (C=S) groups is 1. The summed E-state index contributed by atoms with van der Waals surface area (Å²) in [5.74, 6) is 0.369. The molecule has 1 amide bonds. The summed E-state index contributed by atoms with van der Waals surface area (Å²) in [6.45, 7) is 0. The molecule has 2 N–H and O–H groups in total. The van der Waals surface area contributed by atoms with Crippen LogP contribution >= 0.6 is 51.1 Å². The zero-order valence-electron chi connectivity index (χ0n) is 12.9. The van der Waals surface area contributed by atoms with Gasteiger partial charge in [0.1, 0.15) is 10.6 Å². The van der Waals surface area contributed by atoms with E-state index in [4.69, 9.17) is 28.6 Å². The Bertz CT molecular complexity index is 974. The maximum atomic E-state index is 12.5. The molecule has 128 valence electrons. The van der Waals surface area contributed by atoms with E-state index in [1.165, 1.54) is 11.3 Å². The van der Waals surface area contributed by atoms with Crippen molar-refractivity contribution in [2.24, 2.45) is 0 Å². The number of carbonyl (C=O) groups is 1. The summed E-state index contributed by atoms with van der Waals surface area (Å²) in [4.78, 5) is 12.9. The molecule has 0 saturated carbocycles. The number of amides is 1. The van der Waals surface area contributed by atoms with E-state index in [9.17, 15) is 4.79 Å². The Balaban J connectivity index is 1.72. The van der Waals surface area contributed by atoms with E-state index in [1.807, 2.05) is 30.3 Å². The molecular formula is C17H12BrClN2O2S2. The van der Waals surface area contributed by atoms with Gasteiger partial charge in [0.05, 0.1) is 16.6 Å². The molecule has 0 fully saturated rings. The fourth-order valence-electron chi connectivity index (χ4n) is 2.23. The lowest BCUT2D eigenvalue weighted by Crippen LogP contribution is -2.33. The number of methoxy groups -OCH3 is 1. The summed E-state index contributed by atoms with van der Waals surface area (Å²) >= 11 is 16.3. The van der Waals surface area contributed by atoms with Gasteiger partial charge in [-0.1, -0.05) is 29.8 Å². The number of fused-ring (bicyclic) bond motifs is 1. The SMILES string of the molecule is COc1ccc(NC(=S)NC(=O)c2sc3ccccc3c2Cl)cc1Br. The second-order valence-electron chi connectivity index (χ2n) is 5.00. The molecule has 0 radical (unpaired) electrons. The lowest BCUT2D eigenvalue weighted by atomic mass is 10.2. The second-order valence-corrected chi connectivity index (χ2v) is 7.69. The third-order valence-corrected chi connectivity index (χ3v) is 5.88. The summed E-state index contributed by atoms with van der Waals surface area (Å²) in [5, 5.41) is 7.11. The van der Waals surface area contributed by atoms with E-state index in [1.54, 1.807) is 19.2 Å². The Labute approximate surface area is 167 Å². The Morgan fingerprint density at radius 3 is 2.72 bits per heavy atom. The molecule has 0 saturated heterocycles. The minimum absolute atomic E-state index is 0.190. The number of carbonyl (C=O) groups excluding carboxylic acids is 1. The van der Waals surface area contributed by atoms with Gasteiger partial charge in [-0.2, -0.15) is 0 Å². The first-order valence-corrected chi connectivity index (χ1v) is 9.52. The summed E-state index contributed by atoms with van der Waals surface area (Å²) in [6.07, 6.45) is 0. The van der Waals surface area contributed by atoms with Gasteiger partial charge in [0.15, 0.2) is 5.11 Å². The highest BCUT2D eigenvalue weighted by Gasteiger charge is 2.17. The van der Waals surface area contributed by atoms with E-state index in [2.05, 4.69) is 26.6 Å². The van der Waals surface area contributed by atoms with Gasteiger partial charge in [-0.15, -0.1) is 11.3 Å². The monoisotopic (exact) mass is 454 g/mol. The van der Waals surface area contributed by atoms with Gasteiger partial charge >= 0.3 is 0 Å². The Hall–Kier alpha value is -1.67. The molecule has 0 atom stereocenters. The Morgan fingerprint density at radius 1 is 1.28 bits per heavy atom. The predicted molar refractivity (Wildman–Crippen MR) is 111 cm³/mol. The van der Waals surface area contributed by atoms with Crippen LogP contribution in [-0.4, -0.2) is 18.1 Å². The molecule has 0 aliphatic carbocycles. The molecular weight excluding hydrogens is 444 g/mol. The molecule has 0 spiro atoms. The fraction of sp³-hybridized carbons (Fsp3) is 0.0588. The van der Waals surface area contributed by atoms with Crippen molar-refractivity contribution >= 4 is 77.9 Å². The van der Waals surface area contributed by atoms with Gasteiger partial charge < -0.3 is 10.1 Å². The van der Waals surface area contributed by atoms with Crippen LogP contribution in [0.1, 0.15) is 9.67 Å². The van der Waals surface area contributed by atoms with E-state index in [-0.39, 0.29) is 11.0 Å². The van der Waals surface area contributed by atoms with Crippen molar-refractivity contribution in [1.29, 1.82) is 0 Å². The van der Waals surface area contributed by atoms with Gasteiger partial charge in [0, 0.05) is 15.8 Å². The first-order valence-electron chi connectivity index (χ1n) is 7.12. The number of halogens is 2. The van der Waals surface area contributed by atoms with E-state index < -0.39 is 0 Å². The van der Waals surface area contributed by atoms with Crippen molar-refractivity contribution < 1.29 is 9.53 Å². The maximum Gasteiger partial charge on any atom is 0.269 e. The average molecular weight is 456 g/mol. The van der Waals surface area contributed by atoms with Crippen LogP contribution in [0.5, 0.6) is 5.75 Å². The van der Waals surface area contributed by atoms with Crippen molar-refractivity contribution in [2.45, 2.75) is 0 Å². The van der Waals surface area contributed by atoms with Gasteiger partial charge in [-0.25, -0.2) is 0 Å². The molecule has 1 aromatic heterocycles. The van der Waals surface area contributed by atoms with Gasteiger partial charge in [-0.05, 0) is 52.4 Å². The molecule has 0 bridgehead atoms. The largest absolute Gasteiger partial charge is 0.496 e. The first kappa shape index (κ1) is 18.1. The van der Waals surface area contributed by atoms with E-state index in [0.717, 1.165) is 20.2 Å². The predicted octanol–water partition coefficient (Wildman–Crippen LogP) is 5.45. The quantitative estimate of drug-likeness (QED) is 0.515. The highest BCUT2D eigenvalue weighted by atomic mass is 79.9. The molecule has 25 heavy (non-hydrogen) atoms. The number of benzene rings is 2. The van der Waals surface area contributed by atoms with Crippen molar-refractivity contribution in [3.8, 4) is 5.75 Å². The Morgan fingerprint density at radius 2 is 2.04 bits per heavy atom. The normalized spacial score (nSPS) is 10.5. The molecule has 3 rings (SSSR count). The lowest BCUT2D eigenvalue weighted by Gasteiger charge is -2.10. The summed E-state index contributed by atoms with van der Waals surface area (Å²) < 4.78 is 6.91. The van der Waals surface area contributed by atoms with Crippen molar-refractivity contribution in [1.82, 2.24) is 5.32 Å². The van der Waals surface area contributed by atoms with Gasteiger partial charge in [0.2, 0.25) is 0 Å². The van der Waals surface area contributed by atoms with Gasteiger partial charge in [0.25, 0.3) is 5.91 Å². The molecule has 4 nitrogen and oxygen atoms in total. The van der Waals surface area contributed by atoms with Crippen molar-refractivity contribution in [3.05, 3.63) is 56.8 Å². The van der Waals surface area contributed by atoms with Crippen LogP contribution in [0, 0.1) is 0 Å². The number of hydrogen-bond donors (Lipinski definition) is 2. The molecule has 0 aliphatic rings. The Kier molecular flexibility index (Phi) is 5.58. The van der Waals surface area contributed by atoms with Crippen LogP contribution in [0.4, 0.5) is 5.69 Å². The van der Waals surface area contributed by atoms with Crippen LogP contribution in [0.15, 0.2) is 46.9 Å². The number of anilines is 1. The maximum absolute atomic E-state index is 12.5. The standard InChI is InChI=1S/C17H12BrClN2O2S2/c1-23-12-7-6-9(8-11(12)18)20-17(24)21-16(22)15-14(19)10-4-2-3-5-13(10)25-15/h2-8H,1H3,(H2,20,21,22,24). The third kappa shape index (κ3) is 3.95. The van der Waals surface area contributed by atoms with Crippen LogP contribution in [0.2, 0.25) is 5.02 Å². The highest BCUT2D eigenvalue weighted by molar-refractivity contribution is 9.10. The molecule has 0 unspecified atom stereocenters. The number of thiophene rings is 1. The minimum Gasteiger partial charge on any atom is -0.496 e. The molecule has 1 heterocycles. The van der Waals surface area contributed by atoms with E-state index in [0.29, 0.717) is 15.6 Å². The van der Waals surface area contributed by atoms with Crippen LogP contribution in [-0.2, 0) is 0 Å². The zero-order chi connectivity index (χ0) is 18.0. The highest BCUT2D eigenvalue weighted by Crippen LogP contribution is 2.35. The molecule has 0 aliphatic heterocycles. The number of hydrogen-bond acceptors (Lipinski definition) is 4. The minimum atomic E-state index is -0.337. The summed E-state index contributed by atoms with van der Waals surface area (Å²) in [6, 6.07) is 13.0. The average Bonchev–Trinajstić information content (AvgIpc) is 2.92. The van der Waals surface area contributed by atoms with Crippen LogP contribution in [0.3, 0.4) is 0 Å². The molecule has 3 aromatic rings. The lowest BCUT2D eigenvalue weighted by molar-refractivity contribution is 0.0982. The summed E-state index contributed by atoms with van der Waals surface area (Å²) in [5.41, 5.74) is 0.723. The second kappa shape index (κ2) is 7.70. The van der Waals surface area contributed by atoms with Gasteiger partial charge in [-0.3, -0.25) is 10.1 Å². The zero-order valence-corrected chi connectivity index (χ0v) is 16.9. The third-order valence-electron chi connectivity index (χ3n) is 3.38. The fourth-order valence-corrected chi connectivity index (χ4v) is 4.39. The number of nitrogens with one attached hydrogen (secondary N) is 2. The molecule has 2 aromatic carbocycles. The van der Waals surface area contributed by atoms with Crippen molar-refractivity contribution in [2.75, 3.05) is 12.4 Å². The summed E-state index contributed by atoms with van der Waals surface area (Å²) in [7, 11) is 1.59.